The lowest BCUT2D eigenvalue weighted by atomic mass is 9.81. The molecule has 0 amide bonds. The first kappa shape index (κ1) is 16.0. The van der Waals surface area contributed by atoms with Gasteiger partial charge in [0.25, 0.3) is 0 Å². The molecule has 22 heavy (non-hydrogen) atoms. The second-order valence-corrected chi connectivity index (χ2v) is 7.25. The predicted octanol–water partition coefficient (Wildman–Crippen LogP) is 3.28. The van der Waals surface area contributed by atoms with Crippen molar-refractivity contribution in [2.24, 2.45) is 0 Å². The molecule has 0 spiro atoms. The van der Waals surface area contributed by atoms with E-state index in [9.17, 15) is 0 Å². The topological polar surface area (TPSA) is 30.5 Å². The molecule has 1 aliphatic carbocycles. The first-order valence-electron chi connectivity index (χ1n) is 8.58. The maximum absolute atomic E-state index is 5.83. The van der Waals surface area contributed by atoms with Crippen molar-refractivity contribution in [3.05, 3.63) is 35.9 Å². The van der Waals surface area contributed by atoms with E-state index in [0.717, 1.165) is 32.6 Å². The fourth-order valence-electron chi connectivity index (χ4n) is 4.04. The number of hydrogen-bond acceptors (Lipinski definition) is 3. The lowest BCUT2D eigenvalue weighted by Gasteiger charge is -2.37. The Labute approximate surface area is 134 Å². The van der Waals surface area contributed by atoms with Gasteiger partial charge in [-0.05, 0) is 30.2 Å². The van der Waals surface area contributed by atoms with Gasteiger partial charge in [0.1, 0.15) is 0 Å². The molecule has 0 radical (unpaired) electrons. The van der Waals surface area contributed by atoms with Crippen LogP contribution in [0.2, 0.25) is 0 Å². The lowest BCUT2D eigenvalue weighted by molar-refractivity contribution is -0.0886. The Morgan fingerprint density at radius 3 is 2.59 bits per heavy atom. The molecule has 2 atom stereocenters. The molecule has 0 bridgehead atoms. The zero-order valence-corrected chi connectivity index (χ0v) is 13.9. The average Bonchev–Trinajstić information content (AvgIpc) is 2.98. The summed E-state index contributed by atoms with van der Waals surface area (Å²) >= 11 is 0. The van der Waals surface area contributed by atoms with Crippen LogP contribution in [0, 0.1) is 0 Å². The summed E-state index contributed by atoms with van der Waals surface area (Å²) in [6, 6.07) is 11.6. The summed E-state index contributed by atoms with van der Waals surface area (Å²) < 4.78 is 11.3. The third-order valence-corrected chi connectivity index (χ3v) is 5.76. The van der Waals surface area contributed by atoms with Gasteiger partial charge < -0.3 is 14.8 Å². The van der Waals surface area contributed by atoms with Gasteiger partial charge in [0.15, 0.2) is 0 Å². The molecule has 0 unspecified atom stereocenters. The van der Waals surface area contributed by atoms with Gasteiger partial charge in [0.05, 0.1) is 5.60 Å². The van der Waals surface area contributed by atoms with Crippen LogP contribution < -0.4 is 5.32 Å². The summed E-state index contributed by atoms with van der Waals surface area (Å²) in [7, 11) is 1.84. The van der Waals surface area contributed by atoms with Gasteiger partial charge in [-0.3, -0.25) is 0 Å². The zero-order chi connectivity index (χ0) is 15.5. The molecule has 1 heterocycles. The van der Waals surface area contributed by atoms with Gasteiger partial charge in [0, 0.05) is 45.8 Å². The summed E-state index contributed by atoms with van der Waals surface area (Å²) in [6.07, 6.45) is 5.73. The Bertz CT molecular complexity index is 470. The minimum absolute atomic E-state index is 0.0238. The van der Waals surface area contributed by atoms with E-state index in [-0.39, 0.29) is 5.60 Å². The minimum Gasteiger partial charge on any atom is -0.381 e. The Hall–Kier alpha value is -0.900. The highest BCUT2D eigenvalue weighted by atomic mass is 16.5. The van der Waals surface area contributed by atoms with Crippen LogP contribution in [0.1, 0.15) is 44.6 Å². The maximum atomic E-state index is 5.83. The molecule has 122 valence electrons. The van der Waals surface area contributed by atoms with Crippen molar-refractivity contribution in [3.63, 3.8) is 0 Å². The number of rotatable bonds is 5. The van der Waals surface area contributed by atoms with E-state index < -0.39 is 0 Å². The van der Waals surface area contributed by atoms with E-state index in [1.54, 1.807) is 0 Å². The Balaban J connectivity index is 1.57. The van der Waals surface area contributed by atoms with Crippen LogP contribution in [0.25, 0.3) is 0 Å². The van der Waals surface area contributed by atoms with E-state index in [4.69, 9.17) is 9.47 Å². The van der Waals surface area contributed by atoms with Crippen molar-refractivity contribution in [2.75, 3.05) is 26.9 Å². The number of ether oxygens (including phenoxy) is 2. The number of nitrogens with one attached hydrogen (secondary N) is 1. The van der Waals surface area contributed by atoms with E-state index >= 15 is 0 Å². The molecule has 1 saturated heterocycles. The minimum atomic E-state index is -0.0238. The van der Waals surface area contributed by atoms with Crippen LogP contribution in [0.5, 0.6) is 0 Å². The first-order chi connectivity index (χ1) is 10.7. The SMILES string of the molecule is COC1(CN[C@H]2CC[C@@](C)(c3ccccc3)C2)CCOCC1. The second kappa shape index (κ2) is 6.69. The maximum Gasteiger partial charge on any atom is 0.0846 e. The van der Waals surface area contributed by atoms with Crippen molar-refractivity contribution < 1.29 is 9.47 Å². The fraction of sp³-hybridized carbons (Fsp3) is 0.684. The highest BCUT2D eigenvalue weighted by Crippen LogP contribution is 2.40. The Morgan fingerprint density at radius 2 is 1.91 bits per heavy atom. The molecule has 3 heteroatoms. The predicted molar refractivity (Wildman–Crippen MR) is 89.2 cm³/mol. The summed E-state index contributed by atoms with van der Waals surface area (Å²) in [6.45, 7) is 5.00. The molecule has 1 saturated carbocycles. The lowest BCUT2D eigenvalue weighted by Crippen LogP contribution is -2.49. The van der Waals surface area contributed by atoms with Crippen LogP contribution in [-0.4, -0.2) is 38.5 Å². The molecule has 2 fully saturated rings. The van der Waals surface area contributed by atoms with Gasteiger partial charge in [-0.1, -0.05) is 37.3 Å². The van der Waals surface area contributed by atoms with Crippen LogP contribution in [-0.2, 0) is 14.9 Å². The Morgan fingerprint density at radius 1 is 1.18 bits per heavy atom. The first-order valence-corrected chi connectivity index (χ1v) is 8.58. The average molecular weight is 303 g/mol. The van der Waals surface area contributed by atoms with Gasteiger partial charge in [-0.25, -0.2) is 0 Å². The quantitative estimate of drug-likeness (QED) is 0.905. The highest BCUT2D eigenvalue weighted by Gasteiger charge is 2.38. The molecule has 1 aromatic carbocycles. The summed E-state index contributed by atoms with van der Waals surface area (Å²) in [5.41, 5.74) is 1.77. The van der Waals surface area contributed by atoms with Crippen LogP contribution >= 0.6 is 0 Å². The smallest absolute Gasteiger partial charge is 0.0846 e. The molecule has 3 nitrogen and oxygen atoms in total. The normalized spacial score (nSPS) is 31.3. The van der Waals surface area contributed by atoms with Crippen molar-refractivity contribution in [1.82, 2.24) is 5.32 Å². The van der Waals surface area contributed by atoms with Gasteiger partial charge >= 0.3 is 0 Å². The van der Waals surface area contributed by atoms with Gasteiger partial charge in [-0.15, -0.1) is 0 Å². The zero-order valence-electron chi connectivity index (χ0n) is 13.9. The molecule has 0 aromatic heterocycles. The monoisotopic (exact) mass is 303 g/mol. The summed E-state index contributed by atoms with van der Waals surface area (Å²) in [5.74, 6) is 0. The second-order valence-electron chi connectivity index (χ2n) is 7.25. The van der Waals surface area contributed by atoms with E-state index in [0.29, 0.717) is 11.5 Å². The third-order valence-electron chi connectivity index (χ3n) is 5.76. The highest BCUT2D eigenvalue weighted by molar-refractivity contribution is 5.26. The molecular formula is C19H29NO2. The Kier molecular flexibility index (Phi) is 4.86. The summed E-state index contributed by atoms with van der Waals surface area (Å²) in [4.78, 5) is 0. The standard InChI is InChI=1S/C19H29NO2/c1-18(16-6-4-3-5-7-16)9-8-17(14-18)20-15-19(21-2)10-12-22-13-11-19/h3-7,17,20H,8-15H2,1-2H3/t17-,18+/m0/s1. The van der Waals surface area contributed by atoms with Crippen LogP contribution in [0.4, 0.5) is 0 Å². The van der Waals surface area contributed by atoms with Crippen LogP contribution in [0.15, 0.2) is 30.3 Å². The van der Waals surface area contributed by atoms with E-state index in [1.807, 2.05) is 7.11 Å². The molecule has 1 N–H and O–H groups in total. The molecule has 1 aliphatic heterocycles. The number of methoxy groups -OCH3 is 1. The van der Waals surface area contributed by atoms with Crippen LogP contribution in [0.3, 0.4) is 0 Å². The molecule has 3 rings (SSSR count). The van der Waals surface area contributed by atoms with Gasteiger partial charge in [0.2, 0.25) is 0 Å². The third kappa shape index (κ3) is 3.37. The summed E-state index contributed by atoms with van der Waals surface area (Å²) in [5, 5.41) is 3.79. The molecule has 1 aromatic rings. The van der Waals surface area contributed by atoms with Crippen molar-refractivity contribution in [3.8, 4) is 0 Å². The largest absolute Gasteiger partial charge is 0.381 e. The van der Waals surface area contributed by atoms with E-state index in [1.165, 1.54) is 24.8 Å². The van der Waals surface area contributed by atoms with Crippen molar-refractivity contribution in [1.29, 1.82) is 0 Å². The molecular weight excluding hydrogens is 274 g/mol. The van der Waals surface area contributed by atoms with Crippen molar-refractivity contribution in [2.45, 2.75) is 56.1 Å². The number of hydrogen-bond donors (Lipinski definition) is 1. The fourth-order valence-corrected chi connectivity index (χ4v) is 4.04. The van der Waals surface area contributed by atoms with Crippen molar-refractivity contribution >= 4 is 0 Å². The van der Waals surface area contributed by atoms with E-state index in [2.05, 4.69) is 42.6 Å². The van der Waals surface area contributed by atoms with Gasteiger partial charge in [-0.2, -0.15) is 0 Å². The molecule has 2 aliphatic rings. The number of benzene rings is 1.